The van der Waals surface area contributed by atoms with Crippen molar-refractivity contribution in [3.05, 3.63) is 0 Å². The van der Waals surface area contributed by atoms with E-state index in [1.165, 1.54) is 12.2 Å². The lowest BCUT2D eigenvalue weighted by Crippen LogP contribution is -2.43. The minimum atomic E-state index is -0.500. The van der Waals surface area contributed by atoms with Crippen molar-refractivity contribution in [1.82, 2.24) is 10.6 Å². The first kappa shape index (κ1) is 64.7. The minimum absolute atomic E-state index is 0. The standard InChI is InChI=1S/C9H19NO2.C8H17NO2.2C5H9NO.C4H11N.C4H10O.2CH4/c1-8(2,3)10-7(11)12-9(4,5)6;1-6(2)9-7(10)11-8(3,4)5;2*1-5(2,3)6-4-7;2*1-4(2,3)5;;/h1-6H3,(H,10,11);6H,1-5H3,(H,9,10);2*1-3H3;5H2,1-3H3;5H,1-3H3;2*1H4. The van der Waals surface area contributed by atoms with Crippen LogP contribution in [0.25, 0.3) is 0 Å². The number of aliphatic imine (C=N–C) groups is 2. The molecule has 0 spiro atoms. The summed E-state index contributed by atoms with van der Waals surface area (Å²) < 4.78 is 10.1. The minimum Gasteiger partial charge on any atom is -0.444 e. The molecule has 0 saturated carbocycles. The van der Waals surface area contributed by atoms with Crippen LogP contribution in [0.5, 0.6) is 0 Å². The highest BCUT2D eigenvalue weighted by Gasteiger charge is 2.20. The summed E-state index contributed by atoms with van der Waals surface area (Å²) in [4.78, 5) is 48.0. The van der Waals surface area contributed by atoms with Gasteiger partial charge in [0.1, 0.15) is 11.2 Å². The summed E-state index contributed by atoms with van der Waals surface area (Å²) in [5, 5.41) is 13.9. The second kappa shape index (κ2) is 28.0. The maximum Gasteiger partial charge on any atom is 0.408 e. The Labute approximate surface area is 303 Å². The zero-order valence-electron chi connectivity index (χ0n) is 34.4. The molecule has 5 N–H and O–H groups in total. The molecule has 0 aromatic rings. The molecule has 0 unspecified atom stereocenters. The van der Waals surface area contributed by atoms with Crippen LogP contribution in [-0.4, -0.2) is 74.5 Å². The fourth-order valence-electron chi connectivity index (χ4n) is 1.43. The van der Waals surface area contributed by atoms with Crippen LogP contribution >= 0.6 is 0 Å². The van der Waals surface area contributed by atoms with Gasteiger partial charge < -0.3 is 30.9 Å². The van der Waals surface area contributed by atoms with Gasteiger partial charge in [-0.15, -0.1) is 0 Å². The highest BCUT2D eigenvalue weighted by Crippen LogP contribution is 2.09. The number of nitrogens with one attached hydrogen (secondary N) is 2. The van der Waals surface area contributed by atoms with Gasteiger partial charge in [-0.1, -0.05) is 14.9 Å². The fourth-order valence-corrected chi connectivity index (χ4v) is 1.43. The molecular formula is C37H83N5O7. The van der Waals surface area contributed by atoms with Gasteiger partial charge in [-0.25, -0.2) is 29.2 Å². The Kier molecular flexibility index (Phi) is 36.9. The molecule has 49 heavy (non-hydrogen) atoms. The first-order chi connectivity index (χ1) is 20.0. The number of ether oxygens (including phenoxy) is 2. The van der Waals surface area contributed by atoms with E-state index >= 15 is 0 Å². The van der Waals surface area contributed by atoms with Crippen LogP contribution in [0.4, 0.5) is 9.59 Å². The number of hydrogen-bond donors (Lipinski definition) is 4. The SMILES string of the molecule is C.C.CC(C)(C)N.CC(C)(C)N=C=O.CC(C)(C)N=C=O.CC(C)(C)NC(=O)OC(C)(C)C.CC(C)(C)O.CC(C)NC(=O)OC(C)(C)C. The zero-order chi connectivity index (χ0) is 39.9. The number of aliphatic hydroxyl groups is 1. The number of carbonyl (C=O) groups is 2. The summed E-state index contributed by atoms with van der Waals surface area (Å²) in [6.07, 6.45) is 2.25. The summed E-state index contributed by atoms with van der Waals surface area (Å²) in [5.41, 5.74) is 3.30. The molecule has 0 aliphatic carbocycles. The van der Waals surface area contributed by atoms with E-state index in [1.807, 2.05) is 138 Å². The van der Waals surface area contributed by atoms with E-state index in [2.05, 4.69) is 20.6 Å². The summed E-state index contributed by atoms with van der Waals surface area (Å²) in [5.74, 6) is 0. The largest absolute Gasteiger partial charge is 0.444 e. The Balaban J connectivity index is -0.0000000702. The summed E-state index contributed by atoms with van der Waals surface area (Å²) in [6.45, 7) is 42.8. The number of nitrogens with zero attached hydrogens (tertiary/aromatic N) is 2. The van der Waals surface area contributed by atoms with Gasteiger partial charge in [0, 0.05) is 17.1 Å². The molecule has 0 heterocycles. The summed E-state index contributed by atoms with van der Waals surface area (Å²) >= 11 is 0. The van der Waals surface area contributed by atoms with Crippen molar-refractivity contribution in [3.63, 3.8) is 0 Å². The molecule has 12 nitrogen and oxygen atoms in total. The fraction of sp³-hybridized carbons (Fsp3) is 0.892. The van der Waals surface area contributed by atoms with E-state index in [0.717, 1.165) is 0 Å². The Morgan fingerprint density at radius 1 is 0.612 bits per heavy atom. The molecule has 298 valence electrons. The summed E-state index contributed by atoms with van der Waals surface area (Å²) in [7, 11) is 0. The monoisotopic (exact) mass is 710 g/mol. The number of hydrogen-bond acceptors (Lipinski definition) is 10. The van der Waals surface area contributed by atoms with Crippen LogP contribution in [0.3, 0.4) is 0 Å². The van der Waals surface area contributed by atoms with E-state index in [4.69, 9.17) is 20.3 Å². The molecule has 0 fully saturated rings. The van der Waals surface area contributed by atoms with Crippen LogP contribution in [0.15, 0.2) is 9.98 Å². The van der Waals surface area contributed by atoms with Crippen molar-refractivity contribution in [2.75, 3.05) is 0 Å². The third kappa shape index (κ3) is 144. The number of carbonyl (C=O) groups excluding carboxylic acids is 4. The van der Waals surface area contributed by atoms with Gasteiger partial charge >= 0.3 is 12.2 Å². The van der Waals surface area contributed by atoms with Gasteiger partial charge in [-0.3, -0.25) is 0 Å². The quantitative estimate of drug-likeness (QED) is 0.153. The second-order valence-electron chi connectivity index (χ2n) is 18.0. The van der Waals surface area contributed by atoms with E-state index in [9.17, 15) is 19.2 Å². The van der Waals surface area contributed by atoms with Crippen LogP contribution < -0.4 is 16.4 Å². The van der Waals surface area contributed by atoms with Crippen molar-refractivity contribution >= 4 is 24.3 Å². The van der Waals surface area contributed by atoms with Crippen molar-refractivity contribution in [1.29, 1.82) is 0 Å². The van der Waals surface area contributed by atoms with Gasteiger partial charge in [-0.05, 0) is 159 Å². The second-order valence-corrected chi connectivity index (χ2v) is 18.0. The van der Waals surface area contributed by atoms with Crippen LogP contribution in [0.1, 0.15) is 174 Å². The smallest absolute Gasteiger partial charge is 0.408 e. The van der Waals surface area contributed by atoms with Gasteiger partial charge in [0.15, 0.2) is 0 Å². The van der Waals surface area contributed by atoms with Crippen molar-refractivity contribution in [3.8, 4) is 0 Å². The molecule has 0 aliphatic heterocycles. The molecule has 0 saturated heterocycles. The first-order valence-electron chi connectivity index (χ1n) is 15.7. The highest BCUT2D eigenvalue weighted by molar-refractivity contribution is 5.68. The van der Waals surface area contributed by atoms with E-state index < -0.39 is 16.8 Å². The average molecular weight is 710 g/mol. The molecule has 0 atom stereocenters. The normalized spacial score (nSPS) is 11.0. The molecule has 0 radical (unpaired) electrons. The Morgan fingerprint density at radius 2 is 0.837 bits per heavy atom. The number of alkyl carbamates (subject to hydrolysis) is 2. The molecule has 2 amide bonds. The summed E-state index contributed by atoms with van der Waals surface area (Å²) in [6, 6.07) is 0.129. The average Bonchev–Trinajstić information content (AvgIpc) is 2.59. The third-order valence-corrected chi connectivity index (χ3v) is 2.44. The number of nitrogens with two attached hydrogens (primary N) is 1. The topological polar surface area (TPSA) is 182 Å². The zero-order valence-corrected chi connectivity index (χ0v) is 34.4. The third-order valence-electron chi connectivity index (χ3n) is 2.44. The van der Waals surface area contributed by atoms with Crippen molar-refractivity contribution < 1.29 is 33.8 Å². The first-order valence-corrected chi connectivity index (χ1v) is 15.7. The maximum absolute atomic E-state index is 11.1. The van der Waals surface area contributed by atoms with Gasteiger partial charge in [0.2, 0.25) is 12.2 Å². The molecule has 0 aliphatic rings. The number of amides is 2. The lowest BCUT2D eigenvalue weighted by Gasteiger charge is -2.25. The van der Waals surface area contributed by atoms with E-state index in [1.54, 1.807) is 20.8 Å². The van der Waals surface area contributed by atoms with Gasteiger partial charge in [0.25, 0.3) is 0 Å². The van der Waals surface area contributed by atoms with Crippen LogP contribution in [0, 0.1) is 0 Å². The molecule has 0 rings (SSSR count). The molecule has 0 bridgehead atoms. The molecule has 0 aromatic carbocycles. The predicted octanol–water partition coefficient (Wildman–Crippen LogP) is 9.26. The molecule has 0 aromatic heterocycles. The van der Waals surface area contributed by atoms with E-state index in [0.29, 0.717) is 0 Å². The molecular weight excluding hydrogens is 626 g/mol. The van der Waals surface area contributed by atoms with Crippen LogP contribution in [0.2, 0.25) is 0 Å². The maximum atomic E-state index is 11.1. The van der Waals surface area contributed by atoms with Crippen molar-refractivity contribution in [2.45, 2.75) is 219 Å². The predicted molar refractivity (Wildman–Crippen MR) is 209 cm³/mol. The Bertz CT molecular complexity index is 850. The lowest BCUT2D eigenvalue weighted by molar-refractivity contribution is 0.0476. The highest BCUT2D eigenvalue weighted by atomic mass is 16.6. The lowest BCUT2D eigenvalue weighted by atomic mass is 10.1. The van der Waals surface area contributed by atoms with Gasteiger partial charge in [-0.2, -0.15) is 0 Å². The van der Waals surface area contributed by atoms with Crippen molar-refractivity contribution in [2.24, 2.45) is 15.7 Å². The molecule has 12 heteroatoms. The number of rotatable bonds is 1. The number of isocyanates is 2. The Morgan fingerprint density at radius 3 is 0.959 bits per heavy atom. The van der Waals surface area contributed by atoms with Gasteiger partial charge in [0.05, 0.1) is 16.7 Å². The Hall–Kier alpha value is -2.78. The van der Waals surface area contributed by atoms with E-state index in [-0.39, 0.29) is 55.2 Å². The van der Waals surface area contributed by atoms with Crippen LogP contribution in [-0.2, 0) is 19.1 Å².